The highest BCUT2D eigenvalue weighted by Crippen LogP contribution is 2.13. The summed E-state index contributed by atoms with van der Waals surface area (Å²) in [6.45, 7) is 4.51. The lowest BCUT2D eigenvalue weighted by Gasteiger charge is -2.21. The van der Waals surface area contributed by atoms with Gasteiger partial charge >= 0.3 is 0 Å². The van der Waals surface area contributed by atoms with Crippen molar-refractivity contribution in [2.45, 2.75) is 26.4 Å². The number of hydrogen-bond acceptors (Lipinski definition) is 2. The van der Waals surface area contributed by atoms with Gasteiger partial charge in [-0.05, 0) is 33.0 Å². The summed E-state index contributed by atoms with van der Waals surface area (Å²) in [5, 5.41) is 8.56. The van der Waals surface area contributed by atoms with Crippen molar-refractivity contribution in [1.29, 1.82) is 0 Å². The number of aliphatic hydroxyl groups excluding tert-OH is 1. The minimum Gasteiger partial charge on any atom is -0.384 e. The molecular weight excluding hydrogens is 217 g/mol. The van der Waals surface area contributed by atoms with Crippen LogP contribution in [0, 0.1) is 17.7 Å². The molecule has 1 rings (SSSR count). The number of hydrogen-bond donors (Lipinski definition) is 1. The molecule has 0 fully saturated rings. The van der Waals surface area contributed by atoms with Gasteiger partial charge in [0.05, 0.1) is 0 Å². The summed E-state index contributed by atoms with van der Waals surface area (Å²) in [5.74, 6) is 4.94. The lowest BCUT2D eigenvalue weighted by Crippen LogP contribution is -2.26. The molecule has 0 saturated carbocycles. The molecule has 1 N–H and O–H groups in total. The summed E-state index contributed by atoms with van der Waals surface area (Å²) in [6.07, 6.45) is 0. The molecule has 1 aromatic carbocycles. The predicted molar refractivity (Wildman–Crippen MR) is 67.0 cm³/mol. The van der Waals surface area contributed by atoms with E-state index in [0.717, 1.165) is 0 Å². The highest BCUT2D eigenvalue weighted by molar-refractivity contribution is 5.37. The fourth-order valence-electron chi connectivity index (χ4n) is 1.35. The molecule has 0 heterocycles. The molecule has 1 aromatic rings. The van der Waals surface area contributed by atoms with Gasteiger partial charge in [0, 0.05) is 23.7 Å². The van der Waals surface area contributed by atoms with Crippen molar-refractivity contribution in [1.82, 2.24) is 4.90 Å². The SMILES string of the molecule is CC(C)N(C)Cc1ccc(C#CCO)cc1F. The Morgan fingerprint density at radius 3 is 2.65 bits per heavy atom. The number of halogens is 1. The first kappa shape index (κ1) is 13.7. The molecule has 17 heavy (non-hydrogen) atoms. The van der Waals surface area contributed by atoms with Gasteiger partial charge in [0.1, 0.15) is 12.4 Å². The van der Waals surface area contributed by atoms with Crippen molar-refractivity contribution in [3.05, 3.63) is 35.1 Å². The molecule has 0 spiro atoms. The second kappa shape index (κ2) is 6.39. The molecule has 0 saturated heterocycles. The summed E-state index contributed by atoms with van der Waals surface area (Å²) in [5.41, 5.74) is 1.25. The van der Waals surface area contributed by atoms with Crippen LogP contribution < -0.4 is 0 Å². The smallest absolute Gasteiger partial charge is 0.128 e. The van der Waals surface area contributed by atoms with E-state index in [1.54, 1.807) is 12.1 Å². The van der Waals surface area contributed by atoms with Gasteiger partial charge in [-0.25, -0.2) is 4.39 Å². The molecule has 2 nitrogen and oxygen atoms in total. The zero-order valence-corrected chi connectivity index (χ0v) is 10.5. The van der Waals surface area contributed by atoms with E-state index in [0.29, 0.717) is 23.7 Å². The third-order valence-corrected chi connectivity index (χ3v) is 2.67. The zero-order chi connectivity index (χ0) is 12.8. The van der Waals surface area contributed by atoms with Crippen molar-refractivity contribution in [2.75, 3.05) is 13.7 Å². The topological polar surface area (TPSA) is 23.5 Å². The van der Waals surface area contributed by atoms with Crippen LogP contribution in [0.2, 0.25) is 0 Å². The molecule has 0 amide bonds. The summed E-state index contributed by atoms with van der Waals surface area (Å²) >= 11 is 0. The highest BCUT2D eigenvalue weighted by Gasteiger charge is 2.08. The Labute approximate surface area is 102 Å². The van der Waals surface area contributed by atoms with Gasteiger partial charge in [-0.15, -0.1) is 0 Å². The number of rotatable bonds is 3. The van der Waals surface area contributed by atoms with E-state index in [2.05, 4.69) is 30.6 Å². The number of aliphatic hydroxyl groups is 1. The van der Waals surface area contributed by atoms with Crippen LogP contribution in [0.1, 0.15) is 25.0 Å². The first-order valence-corrected chi connectivity index (χ1v) is 5.63. The lowest BCUT2D eigenvalue weighted by atomic mass is 10.1. The molecular formula is C14H18FNO. The van der Waals surface area contributed by atoms with Crippen LogP contribution in [-0.4, -0.2) is 29.7 Å². The molecule has 0 aliphatic heterocycles. The maximum Gasteiger partial charge on any atom is 0.128 e. The Bertz CT molecular complexity index is 432. The van der Waals surface area contributed by atoms with Crippen LogP contribution in [-0.2, 0) is 6.54 Å². The Balaban J connectivity index is 2.83. The summed E-state index contributed by atoms with van der Waals surface area (Å²) in [6, 6.07) is 5.31. The zero-order valence-electron chi connectivity index (χ0n) is 10.5. The van der Waals surface area contributed by atoms with E-state index in [9.17, 15) is 4.39 Å². The highest BCUT2D eigenvalue weighted by atomic mass is 19.1. The van der Waals surface area contributed by atoms with Gasteiger partial charge in [-0.3, -0.25) is 4.90 Å². The largest absolute Gasteiger partial charge is 0.384 e. The Hall–Kier alpha value is -1.37. The second-order valence-electron chi connectivity index (χ2n) is 4.27. The minimum atomic E-state index is -0.248. The minimum absolute atomic E-state index is 0.209. The van der Waals surface area contributed by atoms with Crippen molar-refractivity contribution in [3.8, 4) is 11.8 Å². The Kier molecular flexibility index (Phi) is 5.14. The second-order valence-corrected chi connectivity index (χ2v) is 4.27. The van der Waals surface area contributed by atoms with Crippen LogP contribution in [0.15, 0.2) is 18.2 Å². The average Bonchev–Trinajstić information content (AvgIpc) is 2.29. The number of benzene rings is 1. The van der Waals surface area contributed by atoms with Crippen LogP contribution in [0.4, 0.5) is 4.39 Å². The maximum absolute atomic E-state index is 13.7. The van der Waals surface area contributed by atoms with E-state index >= 15 is 0 Å². The molecule has 0 aliphatic carbocycles. The van der Waals surface area contributed by atoms with Gasteiger partial charge in [0.2, 0.25) is 0 Å². The van der Waals surface area contributed by atoms with Crippen molar-refractivity contribution < 1.29 is 9.50 Å². The Morgan fingerprint density at radius 2 is 2.12 bits per heavy atom. The molecule has 0 aromatic heterocycles. The average molecular weight is 235 g/mol. The van der Waals surface area contributed by atoms with E-state index in [-0.39, 0.29) is 12.4 Å². The van der Waals surface area contributed by atoms with E-state index in [1.165, 1.54) is 6.07 Å². The maximum atomic E-state index is 13.7. The molecule has 0 aliphatic rings. The van der Waals surface area contributed by atoms with Crippen molar-refractivity contribution in [3.63, 3.8) is 0 Å². The van der Waals surface area contributed by atoms with Gasteiger partial charge in [-0.1, -0.05) is 17.9 Å². The summed E-state index contributed by atoms with van der Waals surface area (Å²) in [7, 11) is 1.96. The molecule has 0 unspecified atom stereocenters. The van der Waals surface area contributed by atoms with Gasteiger partial charge in [0.15, 0.2) is 0 Å². The van der Waals surface area contributed by atoms with E-state index < -0.39 is 0 Å². The van der Waals surface area contributed by atoms with Gasteiger partial charge in [-0.2, -0.15) is 0 Å². The summed E-state index contributed by atoms with van der Waals surface area (Å²) in [4.78, 5) is 2.07. The molecule has 0 bridgehead atoms. The first-order chi connectivity index (χ1) is 8.04. The third-order valence-electron chi connectivity index (χ3n) is 2.67. The van der Waals surface area contributed by atoms with Gasteiger partial charge < -0.3 is 5.11 Å². The van der Waals surface area contributed by atoms with Crippen LogP contribution in [0.25, 0.3) is 0 Å². The molecule has 0 radical (unpaired) electrons. The van der Waals surface area contributed by atoms with E-state index in [1.807, 2.05) is 7.05 Å². The quantitative estimate of drug-likeness (QED) is 0.810. The molecule has 92 valence electrons. The first-order valence-electron chi connectivity index (χ1n) is 5.63. The Morgan fingerprint density at radius 1 is 1.41 bits per heavy atom. The van der Waals surface area contributed by atoms with Crippen LogP contribution in [0.5, 0.6) is 0 Å². The standard InChI is InChI=1S/C14H18FNO/c1-11(2)16(3)10-13-7-6-12(5-4-8-17)9-14(13)15/h6-7,9,11,17H,8,10H2,1-3H3. The van der Waals surface area contributed by atoms with E-state index in [4.69, 9.17) is 5.11 Å². The van der Waals surface area contributed by atoms with Crippen molar-refractivity contribution >= 4 is 0 Å². The lowest BCUT2D eigenvalue weighted by molar-refractivity contribution is 0.262. The number of nitrogens with zero attached hydrogens (tertiary/aromatic N) is 1. The monoisotopic (exact) mass is 235 g/mol. The van der Waals surface area contributed by atoms with Crippen molar-refractivity contribution in [2.24, 2.45) is 0 Å². The van der Waals surface area contributed by atoms with Crippen LogP contribution in [0.3, 0.4) is 0 Å². The fourth-order valence-corrected chi connectivity index (χ4v) is 1.35. The molecule has 0 atom stereocenters. The van der Waals surface area contributed by atoms with Crippen LogP contribution >= 0.6 is 0 Å². The fraction of sp³-hybridized carbons (Fsp3) is 0.429. The predicted octanol–water partition coefficient (Wildman–Crippen LogP) is 2.01. The normalized spacial score (nSPS) is 10.5. The summed E-state index contributed by atoms with van der Waals surface area (Å²) < 4.78 is 13.7. The van der Waals surface area contributed by atoms with Gasteiger partial charge in [0.25, 0.3) is 0 Å². The molecule has 3 heteroatoms. The third kappa shape index (κ3) is 4.18.